The van der Waals surface area contributed by atoms with Crippen LogP contribution >= 0.6 is 0 Å². The second kappa shape index (κ2) is 17.9. The van der Waals surface area contributed by atoms with Gasteiger partial charge in [0.2, 0.25) is 0 Å². The van der Waals surface area contributed by atoms with Crippen molar-refractivity contribution in [2.45, 2.75) is 103 Å². The molecule has 2 aliphatic rings. The van der Waals surface area contributed by atoms with Crippen molar-refractivity contribution in [3.05, 3.63) is 279 Å². The number of anilines is 3. The minimum Gasteiger partial charge on any atom is -0.310 e. The highest BCUT2D eigenvalue weighted by Gasteiger charge is 2.48. The van der Waals surface area contributed by atoms with E-state index in [2.05, 4.69) is 273 Å². The van der Waals surface area contributed by atoms with Crippen molar-refractivity contribution >= 4 is 17.1 Å². The van der Waals surface area contributed by atoms with E-state index in [9.17, 15) is 0 Å². The second-order valence-electron chi connectivity index (χ2n) is 22.3. The molecule has 0 saturated carbocycles. The summed E-state index contributed by atoms with van der Waals surface area (Å²) in [5.41, 5.74) is 23.3. The molecule has 0 aromatic heterocycles. The van der Waals surface area contributed by atoms with Gasteiger partial charge in [0.1, 0.15) is 0 Å². The van der Waals surface area contributed by atoms with Crippen molar-refractivity contribution in [1.29, 1.82) is 0 Å². The van der Waals surface area contributed by atoms with Crippen LogP contribution in [0.3, 0.4) is 0 Å². The minimum atomic E-state index is -0.570. The Bertz CT molecular complexity index is 3250. The molecule has 71 heavy (non-hydrogen) atoms. The van der Waals surface area contributed by atoms with Crippen LogP contribution in [-0.2, 0) is 34.5 Å². The van der Waals surface area contributed by atoms with E-state index in [1.165, 1.54) is 89.0 Å². The zero-order chi connectivity index (χ0) is 49.1. The van der Waals surface area contributed by atoms with Crippen molar-refractivity contribution in [3.63, 3.8) is 0 Å². The molecule has 0 fully saturated rings. The highest BCUT2D eigenvalue weighted by atomic mass is 15.1. The summed E-state index contributed by atoms with van der Waals surface area (Å²) in [7, 11) is 0. The van der Waals surface area contributed by atoms with Gasteiger partial charge in [0.15, 0.2) is 0 Å². The van der Waals surface area contributed by atoms with Crippen molar-refractivity contribution in [3.8, 4) is 22.3 Å². The van der Waals surface area contributed by atoms with Crippen LogP contribution in [0.5, 0.6) is 0 Å². The lowest BCUT2D eigenvalue weighted by Crippen LogP contribution is -2.29. The van der Waals surface area contributed by atoms with Gasteiger partial charge in [0, 0.05) is 17.1 Å². The number of nitrogens with zero attached hydrogens (tertiary/aromatic N) is 1. The minimum absolute atomic E-state index is 0.0285. The van der Waals surface area contributed by atoms with Gasteiger partial charge in [0.25, 0.3) is 0 Å². The van der Waals surface area contributed by atoms with Crippen LogP contribution in [0.2, 0.25) is 0 Å². The maximum Gasteiger partial charge on any atom is 0.0714 e. The standard InChI is InChI=1S/C70H67N/c1-9-18-48-26-30-52(31-27-48)69(53-32-28-49(19-10-2)29-33-53)63-24-16-14-22-59(63)61-44-42-57(46-65(61)69)71(56-20-12-11-13-21-56)58-43-45-62-60-23-15-17-25-64(60)70(66(62)47-58,54-38-34-50(35-39-54)67(3,4)5)55-40-36-51(37-41-55)68(6,7)8/h11-17,20-47H,9-10,18-19H2,1-8H3. The SMILES string of the molecule is CCCc1ccc(C2(c3ccc(CCC)cc3)c3ccccc3-c3ccc(N(c4ccccc4)c4ccc5c(c4)C(c4ccc(C(C)(C)C)cc4)(c4ccc(C(C)(C)C)cc4)c4ccccc4-5)cc32)cc1. The topological polar surface area (TPSA) is 3.24 Å². The summed E-state index contributed by atoms with van der Waals surface area (Å²) in [6.45, 7) is 18.4. The molecule has 0 atom stereocenters. The van der Waals surface area contributed by atoms with Gasteiger partial charge in [-0.1, -0.05) is 244 Å². The molecule has 0 N–H and O–H groups in total. The largest absolute Gasteiger partial charge is 0.310 e. The maximum absolute atomic E-state index is 2.52. The van der Waals surface area contributed by atoms with Gasteiger partial charge in [-0.3, -0.25) is 0 Å². The molecule has 0 heterocycles. The average Bonchev–Trinajstić information content (AvgIpc) is 3.85. The molecule has 11 rings (SSSR count). The van der Waals surface area contributed by atoms with Crippen LogP contribution in [0.25, 0.3) is 22.3 Å². The summed E-state index contributed by atoms with van der Waals surface area (Å²) >= 11 is 0. The van der Waals surface area contributed by atoms with Crippen LogP contribution in [0, 0.1) is 0 Å². The molecule has 9 aromatic rings. The quantitative estimate of drug-likeness (QED) is 0.125. The van der Waals surface area contributed by atoms with E-state index >= 15 is 0 Å². The van der Waals surface area contributed by atoms with Crippen LogP contribution in [0.4, 0.5) is 17.1 Å². The van der Waals surface area contributed by atoms with Crippen molar-refractivity contribution in [1.82, 2.24) is 0 Å². The lowest BCUT2D eigenvalue weighted by Gasteiger charge is -2.36. The van der Waals surface area contributed by atoms with Crippen LogP contribution in [0.15, 0.2) is 212 Å². The van der Waals surface area contributed by atoms with Crippen LogP contribution < -0.4 is 4.90 Å². The molecular formula is C70H67N. The van der Waals surface area contributed by atoms with Gasteiger partial charge in [-0.2, -0.15) is 0 Å². The number of para-hydroxylation sites is 1. The number of rotatable bonds is 11. The van der Waals surface area contributed by atoms with Crippen molar-refractivity contribution in [2.75, 3.05) is 4.90 Å². The molecule has 1 nitrogen and oxygen atoms in total. The van der Waals surface area contributed by atoms with E-state index in [-0.39, 0.29) is 10.8 Å². The molecule has 1 heteroatoms. The Labute approximate surface area is 423 Å². The lowest BCUT2D eigenvalue weighted by atomic mass is 9.66. The molecule has 0 aliphatic heterocycles. The fourth-order valence-electron chi connectivity index (χ4n) is 12.3. The number of aryl methyl sites for hydroxylation is 2. The van der Waals surface area contributed by atoms with Gasteiger partial charge < -0.3 is 4.90 Å². The van der Waals surface area contributed by atoms with E-state index in [0.29, 0.717) is 0 Å². The fraction of sp³-hybridized carbons (Fsp3) is 0.229. The summed E-state index contributed by atoms with van der Waals surface area (Å²) in [5.74, 6) is 0. The van der Waals surface area contributed by atoms with E-state index in [1.807, 2.05) is 0 Å². The second-order valence-corrected chi connectivity index (χ2v) is 22.3. The maximum atomic E-state index is 2.52. The number of hydrogen-bond acceptors (Lipinski definition) is 1. The average molecular weight is 922 g/mol. The highest BCUT2D eigenvalue weighted by Crippen LogP contribution is 2.60. The first-order valence-corrected chi connectivity index (χ1v) is 26.1. The van der Waals surface area contributed by atoms with Gasteiger partial charge in [-0.05, 0) is 149 Å². The first-order valence-electron chi connectivity index (χ1n) is 26.1. The number of hydrogen-bond donors (Lipinski definition) is 0. The first kappa shape index (κ1) is 46.2. The van der Waals surface area contributed by atoms with Gasteiger partial charge in [0.05, 0.1) is 10.8 Å². The van der Waals surface area contributed by atoms with E-state index in [1.54, 1.807) is 0 Å². The summed E-state index contributed by atoms with van der Waals surface area (Å²) in [6, 6.07) is 82.1. The van der Waals surface area contributed by atoms with Gasteiger partial charge in [-0.25, -0.2) is 0 Å². The Hall–Kier alpha value is -7.22. The summed E-state index contributed by atoms with van der Waals surface area (Å²) in [6.07, 6.45) is 4.38. The zero-order valence-electron chi connectivity index (χ0n) is 43.0. The molecule has 0 saturated heterocycles. The lowest BCUT2D eigenvalue weighted by molar-refractivity contribution is 0.588. The Morgan fingerprint density at radius 1 is 0.324 bits per heavy atom. The Morgan fingerprint density at radius 2 is 0.662 bits per heavy atom. The molecule has 0 spiro atoms. The third-order valence-corrected chi connectivity index (χ3v) is 15.8. The monoisotopic (exact) mass is 922 g/mol. The Kier molecular flexibility index (Phi) is 11.6. The molecule has 0 unspecified atom stereocenters. The Morgan fingerprint density at radius 3 is 1.03 bits per heavy atom. The summed E-state index contributed by atoms with van der Waals surface area (Å²) in [4.78, 5) is 2.50. The summed E-state index contributed by atoms with van der Waals surface area (Å²) in [5, 5.41) is 0. The predicted octanol–water partition coefficient (Wildman–Crippen LogP) is 18.4. The van der Waals surface area contributed by atoms with Gasteiger partial charge in [-0.15, -0.1) is 0 Å². The Balaban J connectivity index is 1.16. The van der Waals surface area contributed by atoms with E-state index in [4.69, 9.17) is 0 Å². The number of benzene rings is 9. The zero-order valence-corrected chi connectivity index (χ0v) is 43.0. The molecule has 352 valence electrons. The normalized spacial score (nSPS) is 14.1. The third kappa shape index (κ3) is 7.59. The molecule has 2 aliphatic carbocycles. The van der Waals surface area contributed by atoms with E-state index < -0.39 is 10.8 Å². The van der Waals surface area contributed by atoms with Crippen LogP contribution in [-0.4, -0.2) is 0 Å². The van der Waals surface area contributed by atoms with Gasteiger partial charge >= 0.3 is 0 Å². The first-order chi connectivity index (χ1) is 34.4. The molecule has 9 aromatic carbocycles. The van der Waals surface area contributed by atoms with E-state index in [0.717, 1.165) is 42.7 Å². The molecule has 0 amide bonds. The number of fused-ring (bicyclic) bond motifs is 6. The molecule has 0 bridgehead atoms. The van der Waals surface area contributed by atoms with Crippen LogP contribution in [0.1, 0.15) is 135 Å². The molecular weight excluding hydrogens is 855 g/mol. The predicted molar refractivity (Wildman–Crippen MR) is 301 cm³/mol. The van der Waals surface area contributed by atoms with Crippen molar-refractivity contribution < 1.29 is 0 Å². The van der Waals surface area contributed by atoms with Crippen molar-refractivity contribution in [2.24, 2.45) is 0 Å². The smallest absolute Gasteiger partial charge is 0.0714 e. The summed E-state index contributed by atoms with van der Waals surface area (Å²) < 4.78 is 0. The highest BCUT2D eigenvalue weighted by molar-refractivity contribution is 5.92. The fourth-order valence-corrected chi connectivity index (χ4v) is 12.3. The third-order valence-electron chi connectivity index (χ3n) is 15.8. The molecule has 0 radical (unpaired) electrons.